The van der Waals surface area contributed by atoms with E-state index < -0.39 is 4.92 Å². The number of aromatic nitrogens is 1. The van der Waals surface area contributed by atoms with E-state index >= 15 is 0 Å². The van der Waals surface area contributed by atoms with E-state index in [2.05, 4.69) is 11.1 Å². The molecule has 0 unspecified atom stereocenters. The molecule has 7 nitrogen and oxygen atoms in total. The first kappa shape index (κ1) is 17.9. The van der Waals surface area contributed by atoms with Crippen LogP contribution in [0.15, 0.2) is 54.6 Å². The minimum Gasteiger partial charge on any atom is -0.383 e. The smallest absolute Gasteiger partial charge is 0.270 e. The van der Waals surface area contributed by atoms with Gasteiger partial charge >= 0.3 is 0 Å². The van der Waals surface area contributed by atoms with Crippen molar-refractivity contribution in [3.05, 3.63) is 70.3 Å². The van der Waals surface area contributed by atoms with Crippen molar-refractivity contribution in [1.82, 2.24) is 4.98 Å². The van der Waals surface area contributed by atoms with Crippen molar-refractivity contribution < 1.29 is 4.92 Å². The van der Waals surface area contributed by atoms with Gasteiger partial charge in [-0.3, -0.25) is 10.1 Å². The molecule has 0 radical (unpaired) electrons. The fourth-order valence-corrected chi connectivity index (χ4v) is 2.78. The van der Waals surface area contributed by atoms with Crippen LogP contribution in [-0.2, 0) is 0 Å². The standard InChI is InChI=1S/C20H17N5O2/c1-24(2)15-8-6-13(7-9-15)17-11-19(23-20(22)18(17)12-21)14-4-3-5-16(10-14)25(26)27/h3-11H,1-2H3,(H2,22,23). The number of nitrogens with zero attached hydrogens (tertiary/aromatic N) is 4. The molecule has 2 N–H and O–H groups in total. The third-order valence-corrected chi connectivity index (χ3v) is 4.21. The zero-order valence-electron chi connectivity index (χ0n) is 14.9. The maximum atomic E-state index is 11.0. The number of nitro benzene ring substituents is 1. The Kier molecular flexibility index (Phi) is 4.73. The molecule has 1 heterocycles. The van der Waals surface area contributed by atoms with Crippen molar-refractivity contribution in [2.75, 3.05) is 24.7 Å². The molecule has 0 fully saturated rings. The summed E-state index contributed by atoms with van der Waals surface area (Å²) in [6.07, 6.45) is 0. The summed E-state index contributed by atoms with van der Waals surface area (Å²) in [5.74, 6) is 0.0909. The number of nitrogen functional groups attached to an aromatic ring is 1. The first-order chi connectivity index (χ1) is 12.9. The van der Waals surface area contributed by atoms with E-state index in [9.17, 15) is 15.4 Å². The minimum absolute atomic E-state index is 0.0332. The lowest BCUT2D eigenvalue weighted by Gasteiger charge is -2.14. The highest BCUT2D eigenvalue weighted by Gasteiger charge is 2.15. The summed E-state index contributed by atoms with van der Waals surface area (Å²) >= 11 is 0. The molecule has 7 heteroatoms. The Bertz CT molecular complexity index is 1050. The van der Waals surface area contributed by atoms with Crippen LogP contribution in [0.3, 0.4) is 0 Å². The summed E-state index contributed by atoms with van der Waals surface area (Å²) in [7, 11) is 3.89. The van der Waals surface area contributed by atoms with Crippen molar-refractivity contribution in [3.8, 4) is 28.5 Å². The fourth-order valence-electron chi connectivity index (χ4n) is 2.78. The summed E-state index contributed by atoms with van der Waals surface area (Å²) in [5, 5.41) is 20.6. The molecule has 3 aromatic rings. The third-order valence-electron chi connectivity index (χ3n) is 4.21. The third kappa shape index (κ3) is 3.55. The van der Waals surface area contributed by atoms with Crippen LogP contribution in [0.5, 0.6) is 0 Å². The summed E-state index contributed by atoms with van der Waals surface area (Å²) < 4.78 is 0. The number of pyridine rings is 1. The second kappa shape index (κ2) is 7.14. The van der Waals surface area contributed by atoms with Crippen LogP contribution in [0, 0.1) is 21.4 Å². The van der Waals surface area contributed by atoms with Gasteiger partial charge in [-0.15, -0.1) is 0 Å². The SMILES string of the molecule is CN(C)c1ccc(-c2cc(-c3cccc([N+](=O)[O-])c3)nc(N)c2C#N)cc1. The topological polar surface area (TPSA) is 109 Å². The van der Waals surface area contributed by atoms with Gasteiger partial charge in [0.1, 0.15) is 17.5 Å². The van der Waals surface area contributed by atoms with Gasteiger partial charge in [0.05, 0.1) is 10.6 Å². The summed E-state index contributed by atoms with van der Waals surface area (Å²) in [6.45, 7) is 0. The van der Waals surface area contributed by atoms with Crippen molar-refractivity contribution in [2.45, 2.75) is 0 Å². The molecule has 0 aliphatic rings. The van der Waals surface area contributed by atoms with E-state index in [1.165, 1.54) is 12.1 Å². The molecule has 0 bridgehead atoms. The summed E-state index contributed by atoms with van der Waals surface area (Å²) in [5.41, 5.74) is 9.77. The number of hydrogen-bond acceptors (Lipinski definition) is 6. The number of anilines is 2. The van der Waals surface area contributed by atoms with Gasteiger partial charge < -0.3 is 10.6 Å². The highest BCUT2D eigenvalue weighted by atomic mass is 16.6. The van der Waals surface area contributed by atoms with Gasteiger partial charge in [-0.2, -0.15) is 5.26 Å². The molecular formula is C20H17N5O2. The number of non-ortho nitro benzene ring substituents is 1. The van der Waals surface area contributed by atoms with Gasteiger partial charge in [0.15, 0.2) is 0 Å². The lowest BCUT2D eigenvalue weighted by Crippen LogP contribution is -2.08. The normalized spacial score (nSPS) is 10.3. The molecule has 0 atom stereocenters. The zero-order chi connectivity index (χ0) is 19.6. The number of rotatable bonds is 4. The maximum absolute atomic E-state index is 11.0. The Labute approximate surface area is 156 Å². The van der Waals surface area contributed by atoms with E-state index in [0.29, 0.717) is 16.8 Å². The molecule has 3 rings (SSSR count). The molecule has 134 valence electrons. The first-order valence-corrected chi connectivity index (χ1v) is 8.14. The van der Waals surface area contributed by atoms with Crippen LogP contribution >= 0.6 is 0 Å². The van der Waals surface area contributed by atoms with Gasteiger partial charge in [0, 0.05) is 43.0 Å². The highest BCUT2D eigenvalue weighted by Crippen LogP contribution is 2.32. The van der Waals surface area contributed by atoms with Crippen LogP contribution in [-0.4, -0.2) is 24.0 Å². The molecule has 0 aliphatic heterocycles. The largest absolute Gasteiger partial charge is 0.383 e. The van der Waals surface area contributed by atoms with Crippen LogP contribution in [0.4, 0.5) is 17.2 Å². The van der Waals surface area contributed by atoms with Crippen molar-refractivity contribution >= 4 is 17.2 Å². The molecule has 0 saturated carbocycles. The van der Waals surface area contributed by atoms with Crippen LogP contribution in [0.2, 0.25) is 0 Å². The number of nitrogens with two attached hydrogens (primary N) is 1. The Hall–Kier alpha value is -3.92. The second-order valence-electron chi connectivity index (χ2n) is 6.18. The Balaban J connectivity index is 2.16. The fraction of sp³-hybridized carbons (Fsp3) is 0.100. The van der Waals surface area contributed by atoms with E-state index in [1.807, 2.05) is 43.3 Å². The van der Waals surface area contributed by atoms with Crippen molar-refractivity contribution in [1.29, 1.82) is 5.26 Å². The quantitative estimate of drug-likeness (QED) is 0.560. The van der Waals surface area contributed by atoms with Gasteiger partial charge in [-0.1, -0.05) is 24.3 Å². The predicted octanol–water partition coefficient (Wildman–Crippen LogP) is 3.84. The number of nitro groups is 1. The summed E-state index contributed by atoms with van der Waals surface area (Å²) in [4.78, 5) is 16.8. The molecule has 0 spiro atoms. The lowest BCUT2D eigenvalue weighted by molar-refractivity contribution is -0.384. The molecular weight excluding hydrogens is 342 g/mol. The van der Waals surface area contributed by atoms with E-state index in [0.717, 1.165) is 11.3 Å². The van der Waals surface area contributed by atoms with E-state index in [-0.39, 0.29) is 17.1 Å². The van der Waals surface area contributed by atoms with Crippen LogP contribution in [0.1, 0.15) is 5.56 Å². The number of hydrogen-bond donors (Lipinski definition) is 1. The van der Waals surface area contributed by atoms with Crippen LogP contribution < -0.4 is 10.6 Å². The zero-order valence-corrected chi connectivity index (χ0v) is 14.9. The summed E-state index contributed by atoms with van der Waals surface area (Å²) in [6, 6.07) is 17.7. The lowest BCUT2D eigenvalue weighted by atomic mass is 9.98. The first-order valence-electron chi connectivity index (χ1n) is 8.14. The monoisotopic (exact) mass is 359 g/mol. The average Bonchev–Trinajstić information content (AvgIpc) is 2.67. The predicted molar refractivity (Wildman–Crippen MR) is 105 cm³/mol. The minimum atomic E-state index is -0.461. The average molecular weight is 359 g/mol. The molecule has 27 heavy (non-hydrogen) atoms. The van der Waals surface area contributed by atoms with Gasteiger partial charge in [0.25, 0.3) is 5.69 Å². The van der Waals surface area contributed by atoms with Crippen molar-refractivity contribution in [3.63, 3.8) is 0 Å². The molecule has 0 saturated heterocycles. The molecule has 0 amide bonds. The van der Waals surface area contributed by atoms with Gasteiger partial charge in [0.2, 0.25) is 0 Å². The Morgan fingerprint density at radius 1 is 1.11 bits per heavy atom. The number of nitriles is 1. The van der Waals surface area contributed by atoms with Gasteiger partial charge in [-0.05, 0) is 23.8 Å². The molecule has 2 aromatic carbocycles. The van der Waals surface area contributed by atoms with E-state index in [4.69, 9.17) is 5.73 Å². The van der Waals surface area contributed by atoms with Crippen molar-refractivity contribution in [2.24, 2.45) is 0 Å². The van der Waals surface area contributed by atoms with Gasteiger partial charge in [-0.25, -0.2) is 4.98 Å². The molecule has 0 aliphatic carbocycles. The van der Waals surface area contributed by atoms with E-state index in [1.54, 1.807) is 18.2 Å². The maximum Gasteiger partial charge on any atom is 0.270 e. The second-order valence-corrected chi connectivity index (χ2v) is 6.18. The Morgan fingerprint density at radius 3 is 2.41 bits per heavy atom. The number of benzene rings is 2. The molecule has 1 aromatic heterocycles. The van der Waals surface area contributed by atoms with Crippen LogP contribution in [0.25, 0.3) is 22.4 Å². The highest BCUT2D eigenvalue weighted by molar-refractivity contribution is 5.81. The Morgan fingerprint density at radius 2 is 1.81 bits per heavy atom.